The Morgan fingerprint density at radius 3 is 2.85 bits per heavy atom. The number of carbonyl (C=O) groups excluding carboxylic acids is 1. The van der Waals surface area contributed by atoms with Crippen molar-refractivity contribution in [1.82, 2.24) is 0 Å². The van der Waals surface area contributed by atoms with E-state index in [1.165, 1.54) is 11.3 Å². The first-order valence-corrected chi connectivity index (χ1v) is 7.42. The Bertz CT molecular complexity index is 555. The molecule has 1 aromatic carbocycles. The van der Waals surface area contributed by atoms with Gasteiger partial charge in [-0.05, 0) is 30.0 Å². The van der Waals surface area contributed by atoms with Gasteiger partial charge in [0.2, 0.25) is 5.91 Å². The second-order valence-corrected chi connectivity index (χ2v) is 5.31. The average molecular weight is 290 g/mol. The zero-order valence-corrected chi connectivity index (χ0v) is 12.2. The largest absolute Gasteiger partial charge is 0.491 e. The Kier molecular flexibility index (Phi) is 5.15. The topological polar surface area (TPSA) is 64.3 Å². The van der Waals surface area contributed by atoms with Crippen molar-refractivity contribution in [1.29, 1.82) is 0 Å². The number of nitrogens with two attached hydrogens (primary N) is 1. The van der Waals surface area contributed by atoms with Crippen LogP contribution in [0.2, 0.25) is 0 Å². The van der Waals surface area contributed by atoms with Crippen LogP contribution in [0.1, 0.15) is 24.3 Å². The second kappa shape index (κ2) is 7.07. The van der Waals surface area contributed by atoms with Crippen LogP contribution in [0.25, 0.3) is 0 Å². The molecule has 4 nitrogen and oxygen atoms in total. The predicted molar refractivity (Wildman–Crippen MR) is 82.1 cm³/mol. The zero-order valence-electron chi connectivity index (χ0n) is 11.3. The van der Waals surface area contributed by atoms with Crippen LogP contribution in [0.4, 0.5) is 5.69 Å². The number of nitrogens with one attached hydrogen (secondary N) is 1. The summed E-state index contributed by atoms with van der Waals surface area (Å²) in [5.41, 5.74) is 6.59. The van der Waals surface area contributed by atoms with E-state index in [-0.39, 0.29) is 5.91 Å². The van der Waals surface area contributed by atoms with Crippen molar-refractivity contribution in [3.05, 3.63) is 46.7 Å². The van der Waals surface area contributed by atoms with E-state index < -0.39 is 6.04 Å². The van der Waals surface area contributed by atoms with Crippen molar-refractivity contribution in [2.24, 2.45) is 5.73 Å². The van der Waals surface area contributed by atoms with Gasteiger partial charge in [0.25, 0.3) is 0 Å². The summed E-state index contributed by atoms with van der Waals surface area (Å²) in [6.45, 7) is 2.65. The third kappa shape index (κ3) is 3.59. The maximum absolute atomic E-state index is 12.2. The summed E-state index contributed by atoms with van der Waals surface area (Å²) >= 11 is 1.47. The Balaban J connectivity index is 2.07. The molecule has 0 radical (unpaired) electrons. The lowest BCUT2D eigenvalue weighted by Gasteiger charge is -2.14. The van der Waals surface area contributed by atoms with Crippen LogP contribution in [0.3, 0.4) is 0 Å². The smallest absolute Gasteiger partial charge is 0.246 e. The van der Waals surface area contributed by atoms with Crippen molar-refractivity contribution >= 4 is 22.9 Å². The van der Waals surface area contributed by atoms with Gasteiger partial charge in [-0.25, -0.2) is 0 Å². The molecule has 1 heterocycles. The fourth-order valence-electron chi connectivity index (χ4n) is 1.72. The van der Waals surface area contributed by atoms with Crippen LogP contribution in [0.5, 0.6) is 5.75 Å². The molecule has 0 aliphatic carbocycles. The van der Waals surface area contributed by atoms with Crippen LogP contribution in [0.15, 0.2) is 41.8 Å². The summed E-state index contributed by atoms with van der Waals surface area (Å²) in [5.74, 6) is 0.432. The summed E-state index contributed by atoms with van der Waals surface area (Å²) in [5, 5.41) is 4.73. The lowest BCUT2D eigenvalue weighted by Crippen LogP contribution is -2.27. The van der Waals surface area contributed by atoms with Gasteiger partial charge in [0.05, 0.1) is 12.3 Å². The van der Waals surface area contributed by atoms with Gasteiger partial charge < -0.3 is 15.8 Å². The maximum Gasteiger partial charge on any atom is 0.246 e. The Labute approximate surface area is 122 Å². The molecule has 2 rings (SSSR count). The normalized spacial score (nSPS) is 11.9. The Morgan fingerprint density at radius 1 is 1.35 bits per heavy atom. The second-order valence-electron chi connectivity index (χ2n) is 4.33. The molecule has 0 saturated carbocycles. The third-order valence-corrected chi connectivity index (χ3v) is 3.69. The molecular formula is C15H18N2O2S. The molecule has 0 spiro atoms. The van der Waals surface area contributed by atoms with E-state index in [4.69, 9.17) is 10.5 Å². The van der Waals surface area contributed by atoms with Gasteiger partial charge >= 0.3 is 0 Å². The molecule has 20 heavy (non-hydrogen) atoms. The lowest BCUT2D eigenvalue weighted by atomic mass is 10.2. The molecule has 1 amide bonds. The van der Waals surface area contributed by atoms with Crippen LogP contribution in [-0.4, -0.2) is 12.5 Å². The van der Waals surface area contributed by atoms with Crippen LogP contribution >= 0.6 is 11.3 Å². The van der Waals surface area contributed by atoms with Gasteiger partial charge in [0.1, 0.15) is 11.8 Å². The molecule has 1 atom stereocenters. The van der Waals surface area contributed by atoms with Gasteiger partial charge in [-0.15, -0.1) is 11.3 Å². The standard InChI is InChI=1S/C15H18N2O2S/c1-2-9-19-12-7-4-3-6-11(12)17-15(18)14(16)13-8-5-10-20-13/h3-8,10,14H,2,9,16H2,1H3,(H,17,18). The van der Waals surface area contributed by atoms with Gasteiger partial charge in [0, 0.05) is 4.88 Å². The maximum atomic E-state index is 12.2. The number of hydrogen-bond acceptors (Lipinski definition) is 4. The highest BCUT2D eigenvalue weighted by atomic mass is 32.1. The molecule has 0 saturated heterocycles. The minimum absolute atomic E-state index is 0.236. The Morgan fingerprint density at radius 2 is 2.15 bits per heavy atom. The average Bonchev–Trinajstić information content (AvgIpc) is 2.99. The highest BCUT2D eigenvalue weighted by Crippen LogP contribution is 2.25. The van der Waals surface area contributed by atoms with Crippen LogP contribution in [0, 0.1) is 0 Å². The number of carbonyl (C=O) groups is 1. The van der Waals surface area contributed by atoms with E-state index in [1.54, 1.807) is 0 Å². The fourth-order valence-corrected chi connectivity index (χ4v) is 2.44. The van der Waals surface area contributed by atoms with Crippen LogP contribution < -0.4 is 15.8 Å². The summed E-state index contributed by atoms with van der Waals surface area (Å²) in [6.07, 6.45) is 0.914. The molecule has 0 bridgehead atoms. The number of benzene rings is 1. The zero-order chi connectivity index (χ0) is 14.4. The Hall–Kier alpha value is -1.85. The first-order chi connectivity index (χ1) is 9.72. The summed E-state index contributed by atoms with van der Waals surface area (Å²) in [7, 11) is 0. The number of amides is 1. The summed E-state index contributed by atoms with van der Waals surface area (Å²) in [4.78, 5) is 13.0. The molecule has 0 aliphatic rings. The van der Waals surface area contributed by atoms with E-state index >= 15 is 0 Å². The monoisotopic (exact) mass is 290 g/mol. The highest BCUT2D eigenvalue weighted by Gasteiger charge is 2.18. The SMILES string of the molecule is CCCOc1ccccc1NC(=O)C(N)c1cccs1. The van der Waals surface area contributed by atoms with Gasteiger partial charge in [-0.1, -0.05) is 25.1 Å². The molecule has 5 heteroatoms. The molecule has 0 aliphatic heterocycles. The number of ether oxygens (including phenoxy) is 1. The van der Waals surface area contributed by atoms with Crippen molar-refractivity contribution in [2.45, 2.75) is 19.4 Å². The van der Waals surface area contributed by atoms with Crippen molar-refractivity contribution in [3.63, 3.8) is 0 Å². The number of thiophene rings is 1. The van der Waals surface area contributed by atoms with E-state index in [1.807, 2.05) is 48.7 Å². The van der Waals surface area contributed by atoms with Gasteiger partial charge in [0.15, 0.2) is 0 Å². The van der Waals surface area contributed by atoms with Crippen molar-refractivity contribution in [3.8, 4) is 5.75 Å². The molecule has 3 N–H and O–H groups in total. The molecule has 1 unspecified atom stereocenters. The highest BCUT2D eigenvalue weighted by molar-refractivity contribution is 7.10. The minimum atomic E-state index is -0.658. The van der Waals surface area contributed by atoms with E-state index in [9.17, 15) is 4.79 Å². The molecular weight excluding hydrogens is 272 g/mol. The first-order valence-electron chi connectivity index (χ1n) is 6.54. The number of rotatable bonds is 6. The van der Waals surface area contributed by atoms with Crippen molar-refractivity contribution in [2.75, 3.05) is 11.9 Å². The summed E-state index contributed by atoms with van der Waals surface area (Å²) < 4.78 is 5.60. The van der Waals surface area contributed by atoms with E-state index in [0.29, 0.717) is 18.0 Å². The number of para-hydroxylation sites is 2. The quantitative estimate of drug-likeness (QED) is 0.859. The lowest BCUT2D eigenvalue weighted by molar-refractivity contribution is -0.117. The third-order valence-electron chi connectivity index (χ3n) is 2.74. The molecule has 1 aromatic heterocycles. The molecule has 2 aromatic rings. The van der Waals surface area contributed by atoms with E-state index in [2.05, 4.69) is 5.32 Å². The predicted octanol–water partition coefficient (Wildman–Crippen LogP) is 3.18. The first kappa shape index (κ1) is 14.6. The minimum Gasteiger partial charge on any atom is -0.491 e. The van der Waals surface area contributed by atoms with Crippen LogP contribution in [-0.2, 0) is 4.79 Å². The molecule has 0 fully saturated rings. The number of hydrogen-bond donors (Lipinski definition) is 2. The molecule has 106 valence electrons. The van der Waals surface area contributed by atoms with E-state index in [0.717, 1.165) is 11.3 Å². The fraction of sp³-hybridized carbons (Fsp3) is 0.267. The van der Waals surface area contributed by atoms with Crippen molar-refractivity contribution < 1.29 is 9.53 Å². The summed E-state index contributed by atoms with van der Waals surface area (Å²) in [6, 6.07) is 10.4. The van der Waals surface area contributed by atoms with Gasteiger partial charge in [-0.3, -0.25) is 4.79 Å². The number of anilines is 1. The van der Waals surface area contributed by atoms with Gasteiger partial charge in [-0.2, -0.15) is 0 Å².